The zero-order chi connectivity index (χ0) is 13.9. The van der Waals surface area contributed by atoms with Crippen molar-refractivity contribution in [1.29, 1.82) is 0 Å². The maximum atomic E-state index is 13.1. The Balaban J connectivity index is 2.13. The highest BCUT2D eigenvalue weighted by Crippen LogP contribution is 2.41. The highest BCUT2D eigenvalue weighted by atomic mass is 35.5. The second-order valence-corrected chi connectivity index (χ2v) is 5.28. The van der Waals surface area contributed by atoms with E-state index < -0.39 is 4.65 Å². The largest absolute Gasteiger partial charge is 0.614 e. The summed E-state index contributed by atoms with van der Waals surface area (Å²) in [5.74, 6) is 0.140. The first-order valence-electron chi connectivity index (χ1n) is 6.14. The molecule has 0 fully saturated rings. The Morgan fingerprint density at radius 1 is 1.05 bits per heavy atom. The van der Waals surface area contributed by atoms with Gasteiger partial charge in [-0.15, -0.1) is 4.74 Å². The lowest BCUT2D eigenvalue weighted by atomic mass is 10.1. The number of amidine groups is 1. The Kier molecular flexibility index (Phi) is 2.16. The number of rotatable bonds is 0. The first-order valence-corrected chi connectivity index (χ1v) is 6.52. The monoisotopic (exact) mass is 284 g/mol. The summed E-state index contributed by atoms with van der Waals surface area (Å²) in [6.07, 6.45) is 3.19. The summed E-state index contributed by atoms with van der Waals surface area (Å²) in [5.41, 5.74) is 0.702. The number of hydrogen-bond acceptors (Lipinski definition) is 2. The molecule has 4 nitrogen and oxygen atoms in total. The summed E-state index contributed by atoms with van der Waals surface area (Å²) in [5, 5.41) is 27.6. The van der Waals surface area contributed by atoms with Crippen molar-refractivity contribution >= 4 is 41.1 Å². The third kappa shape index (κ3) is 1.35. The van der Waals surface area contributed by atoms with Gasteiger partial charge in [0, 0.05) is 22.4 Å². The van der Waals surface area contributed by atoms with E-state index in [1.165, 1.54) is 6.07 Å². The van der Waals surface area contributed by atoms with Crippen molar-refractivity contribution in [3.63, 3.8) is 0 Å². The summed E-state index contributed by atoms with van der Waals surface area (Å²) in [6, 6.07) is 12.3. The molecule has 0 saturated carbocycles. The van der Waals surface area contributed by atoms with E-state index in [4.69, 9.17) is 11.6 Å². The molecule has 0 bridgehead atoms. The molecule has 1 unspecified atom stereocenters. The van der Waals surface area contributed by atoms with Gasteiger partial charge >= 0.3 is 5.84 Å². The third-order valence-electron chi connectivity index (χ3n) is 3.66. The maximum absolute atomic E-state index is 13.1. The van der Waals surface area contributed by atoms with Crippen molar-refractivity contribution in [3.05, 3.63) is 68.3 Å². The van der Waals surface area contributed by atoms with Crippen molar-refractivity contribution < 1.29 is 4.74 Å². The summed E-state index contributed by atoms with van der Waals surface area (Å²) in [6.45, 7) is 0. The van der Waals surface area contributed by atoms with Gasteiger partial charge in [-0.1, -0.05) is 29.8 Å². The molecule has 4 rings (SSSR count). The number of fused-ring (bicyclic) bond motifs is 4. The van der Waals surface area contributed by atoms with Crippen LogP contribution in [0.2, 0.25) is 5.02 Å². The van der Waals surface area contributed by atoms with Crippen LogP contribution in [0.5, 0.6) is 0 Å². The average molecular weight is 285 g/mol. The van der Waals surface area contributed by atoms with Gasteiger partial charge in [-0.05, 0) is 17.4 Å². The number of halogens is 1. The minimum atomic E-state index is -0.868. The molecule has 0 amide bonds. The molecule has 0 aromatic heterocycles. The first kappa shape index (κ1) is 11.7. The molecule has 0 aliphatic carbocycles. The molecule has 0 saturated heterocycles. The standard InChI is InChI=1S/C15H9ClN2O2/c16-12-5-6-14-13(8-12)17(19)15-7-10-3-1-2-4-11(10)9-18(14,15)20/h1-9H. The van der Waals surface area contributed by atoms with E-state index in [0.29, 0.717) is 21.1 Å². The zero-order valence-electron chi connectivity index (χ0n) is 10.3. The summed E-state index contributed by atoms with van der Waals surface area (Å²) >= 11 is 5.92. The third-order valence-corrected chi connectivity index (χ3v) is 3.90. The fourth-order valence-electron chi connectivity index (χ4n) is 2.71. The van der Waals surface area contributed by atoms with Gasteiger partial charge in [-0.2, -0.15) is 0 Å². The Hall–Kier alpha value is -2.14. The minimum Gasteiger partial charge on any atom is -0.614 e. The highest BCUT2D eigenvalue weighted by molar-refractivity contribution is 6.31. The SMILES string of the molecule is [O-][N+]1=C2C=c3ccccc3=C[N+]2([O-])c2ccc(Cl)cc21. The van der Waals surface area contributed by atoms with Gasteiger partial charge in [0.15, 0.2) is 0 Å². The number of quaternary nitrogens is 1. The molecule has 2 aliphatic heterocycles. The van der Waals surface area contributed by atoms with Gasteiger partial charge in [0.05, 0.1) is 6.08 Å². The first-order chi connectivity index (χ1) is 9.59. The van der Waals surface area contributed by atoms with Crippen LogP contribution in [-0.2, 0) is 0 Å². The van der Waals surface area contributed by atoms with E-state index in [9.17, 15) is 10.4 Å². The minimum absolute atomic E-state index is 0.140. The molecule has 2 heterocycles. The number of benzene rings is 2. The number of hydroxylamine groups is 2. The van der Waals surface area contributed by atoms with E-state index in [1.807, 2.05) is 24.3 Å². The van der Waals surface area contributed by atoms with Crippen LogP contribution in [-0.4, -0.2) is 10.6 Å². The summed E-state index contributed by atoms with van der Waals surface area (Å²) in [7, 11) is 0. The van der Waals surface area contributed by atoms with Crippen LogP contribution in [0.4, 0.5) is 11.4 Å². The van der Waals surface area contributed by atoms with Crippen molar-refractivity contribution in [2.75, 3.05) is 0 Å². The molecule has 98 valence electrons. The Bertz CT molecular complexity index is 904. The van der Waals surface area contributed by atoms with Crippen molar-refractivity contribution in [2.45, 2.75) is 0 Å². The van der Waals surface area contributed by atoms with E-state index in [-0.39, 0.29) is 5.84 Å². The van der Waals surface area contributed by atoms with E-state index in [0.717, 1.165) is 10.4 Å². The van der Waals surface area contributed by atoms with Crippen LogP contribution in [0.15, 0.2) is 42.5 Å². The lowest BCUT2D eigenvalue weighted by Crippen LogP contribution is -2.49. The number of nitrogens with zero attached hydrogens (tertiary/aromatic N) is 2. The molecule has 2 aromatic rings. The molecule has 2 aromatic carbocycles. The normalized spacial score (nSPS) is 22.5. The topological polar surface area (TPSA) is 49.1 Å². The second kappa shape index (κ2) is 3.70. The van der Waals surface area contributed by atoms with E-state index in [1.54, 1.807) is 24.4 Å². The maximum Gasteiger partial charge on any atom is 0.391 e. The van der Waals surface area contributed by atoms with Crippen molar-refractivity contribution in [2.24, 2.45) is 0 Å². The average Bonchev–Trinajstić information content (AvgIpc) is 2.65. The van der Waals surface area contributed by atoms with E-state index >= 15 is 0 Å². The fourth-order valence-corrected chi connectivity index (χ4v) is 2.87. The molecule has 0 spiro atoms. The van der Waals surface area contributed by atoms with Gasteiger partial charge in [0.1, 0.15) is 6.20 Å². The van der Waals surface area contributed by atoms with Gasteiger partial charge in [0.25, 0.3) is 5.69 Å². The van der Waals surface area contributed by atoms with E-state index in [2.05, 4.69) is 0 Å². The Morgan fingerprint density at radius 3 is 2.60 bits per heavy atom. The fraction of sp³-hybridized carbons (Fsp3) is 0. The summed E-state index contributed by atoms with van der Waals surface area (Å²) in [4.78, 5) is 0. The molecular formula is C15H9ClN2O2. The Morgan fingerprint density at radius 2 is 1.80 bits per heavy atom. The van der Waals surface area contributed by atoms with Gasteiger partial charge < -0.3 is 10.4 Å². The molecule has 0 N–H and O–H groups in total. The van der Waals surface area contributed by atoms with Crippen LogP contribution in [0.1, 0.15) is 0 Å². The van der Waals surface area contributed by atoms with Crippen LogP contribution in [0, 0.1) is 10.4 Å². The lowest BCUT2D eigenvalue weighted by molar-refractivity contribution is -0.356. The van der Waals surface area contributed by atoms with Crippen LogP contribution >= 0.6 is 11.6 Å². The zero-order valence-corrected chi connectivity index (χ0v) is 11.0. The van der Waals surface area contributed by atoms with Gasteiger partial charge in [-0.3, -0.25) is 0 Å². The highest BCUT2D eigenvalue weighted by Gasteiger charge is 2.45. The lowest BCUT2D eigenvalue weighted by Gasteiger charge is -2.30. The van der Waals surface area contributed by atoms with Crippen LogP contribution in [0.25, 0.3) is 12.3 Å². The predicted molar refractivity (Wildman–Crippen MR) is 79.5 cm³/mol. The molecular weight excluding hydrogens is 276 g/mol. The Labute approximate surface area is 119 Å². The quantitative estimate of drug-likeness (QED) is 0.422. The smallest absolute Gasteiger partial charge is 0.391 e. The second-order valence-electron chi connectivity index (χ2n) is 4.85. The molecule has 2 aliphatic rings. The van der Waals surface area contributed by atoms with Gasteiger partial charge in [0.2, 0.25) is 5.69 Å². The van der Waals surface area contributed by atoms with Crippen molar-refractivity contribution in [1.82, 2.24) is 4.65 Å². The molecule has 0 radical (unpaired) electrons. The number of hydrogen-bond donors (Lipinski definition) is 0. The molecule has 20 heavy (non-hydrogen) atoms. The molecule has 1 atom stereocenters. The molecule has 5 heteroatoms. The predicted octanol–water partition coefficient (Wildman–Crippen LogP) is 1.93. The van der Waals surface area contributed by atoms with Gasteiger partial charge in [-0.25, -0.2) is 4.65 Å². The van der Waals surface area contributed by atoms with Crippen molar-refractivity contribution in [3.8, 4) is 0 Å². The van der Waals surface area contributed by atoms with Crippen LogP contribution in [0.3, 0.4) is 0 Å². The van der Waals surface area contributed by atoms with Crippen LogP contribution < -0.4 is 15.1 Å². The summed E-state index contributed by atoms with van der Waals surface area (Å²) < 4.78 is -0.201.